The molecule has 1 amide bonds. The second-order valence-electron chi connectivity index (χ2n) is 6.11. The maximum Gasteiger partial charge on any atom is 0.264 e. The highest BCUT2D eigenvalue weighted by molar-refractivity contribution is 7.92. The average molecular weight is 433 g/mol. The van der Waals surface area contributed by atoms with Gasteiger partial charge in [0.05, 0.1) is 16.3 Å². The molecule has 3 aromatic rings. The Kier molecular flexibility index (Phi) is 6.20. The van der Waals surface area contributed by atoms with Crippen molar-refractivity contribution in [2.75, 3.05) is 16.2 Å². The lowest BCUT2D eigenvalue weighted by atomic mass is 10.2. The van der Waals surface area contributed by atoms with Gasteiger partial charge in [0.1, 0.15) is 5.82 Å². The van der Waals surface area contributed by atoms with Crippen molar-refractivity contribution in [3.63, 3.8) is 0 Å². The van der Waals surface area contributed by atoms with Gasteiger partial charge >= 0.3 is 0 Å². The zero-order valence-corrected chi connectivity index (χ0v) is 17.0. The van der Waals surface area contributed by atoms with Crippen molar-refractivity contribution in [2.45, 2.75) is 11.8 Å². The van der Waals surface area contributed by atoms with Crippen LogP contribution in [0.5, 0.6) is 0 Å². The normalized spacial score (nSPS) is 11.1. The first-order valence-corrected chi connectivity index (χ1v) is 10.6. The number of carbonyl (C=O) groups excluding carboxylic acids is 1. The lowest BCUT2D eigenvalue weighted by molar-refractivity contribution is 0.102. The van der Waals surface area contributed by atoms with E-state index in [0.29, 0.717) is 5.69 Å². The number of nitrogens with one attached hydrogen (secondary N) is 1. The van der Waals surface area contributed by atoms with Gasteiger partial charge in [0.25, 0.3) is 15.9 Å². The van der Waals surface area contributed by atoms with E-state index in [4.69, 9.17) is 11.6 Å². The number of carbonyl (C=O) groups is 1. The van der Waals surface area contributed by atoms with Crippen molar-refractivity contribution in [3.8, 4) is 0 Å². The van der Waals surface area contributed by atoms with Crippen LogP contribution in [-0.4, -0.2) is 20.9 Å². The molecule has 3 rings (SSSR count). The summed E-state index contributed by atoms with van der Waals surface area (Å²) >= 11 is 5.71. The number of anilines is 2. The SMILES string of the molecule is CCN(c1ccccc1)S(=O)(=O)c1cccc(C(=O)Nc2ccc(Cl)cc2F)c1. The summed E-state index contributed by atoms with van der Waals surface area (Å²) in [6, 6.07) is 18.2. The number of halogens is 2. The Bertz CT molecular complexity index is 1140. The van der Waals surface area contributed by atoms with Crippen molar-refractivity contribution in [1.82, 2.24) is 0 Å². The molecule has 0 aliphatic heterocycles. The monoisotopic (exact) mass is 432 g/mol. The third-order valence-electron chi connectivity index (χ3n) is 4.19. The average Bonchev–Trinajstić information content (AvgIpc) is 2.71. The van der Waals surface area contributed by atoms with Crippen molar-refractivity contribution in [3.05, 3.63) is 89.2 Å². The highest BCUT2D eigenvalue weighted by Crippen LogP contribution is 2.24. The maximum absolute atomic E-state index is 13.9. The van der Waals surface area contributed by atoms with E-state index in [0.717, 1.165) is 6.07 Å². The number of hydrogen-bond donors (Lipinski definition) is 1. The Morgan fingerprint density at radius 1 is 1.03 bits per heavy atom. The maximum atomic E-state index is 13.9. The van der Waals surface area contributed by atoms with Crippen molar-refractivity contribution in [2.24, 2.45) is 0 Å². The largest absolute Gasteiger partial charge is 0.319 e. The van der Waals surface area contributed by atoms with Gasteiger partial charge in [-0.15, -0.1) is 0 Å². The van der Waals surface area contributed by atoms with Crippen LogP contribution < -0.4 is 9.62 Å². The molecule has 0 spiro atoms. The molecule has 0 saturated carbocycles. The summed E-state index contributed by atoms with van der Waals surface area (Å²) < 4.78 is 41.4. The molecule has 8 heteroatoms. The molecule has 150 valence electrons. The third kappa shape index (κ3) is 4.58. The summed E-state index contributed by atoms with van der Waals surface area (Å²) in [6.07, 6.45) is 0. The number of benzene rings is 3. The summed E-state index contributed by atoms with van der Waals surface area (Å²) in [6.45, 7) is 1.95. The molecule has 5 nitrogen and oxygen atoms in total. The van der Waals surface area contributed by atoms with Crippen molar-refractivity contribution < 1.29 is 17.6 Å². The summed E-state index contributed by atoms with van der Waals surface area (Å²) in [4.78, 5) is 12.5. The van der Waals surface area contributed by atoms with Gasteiger partial charge in [-0.3, -0.25) is 9.10 Å². The molecule has 3 aromatic carbocycles. The molecule has 0 aliphatic rings. The van der Waals surface area contributed by atoms with Crippen LogP contribution in [0.25, 0.3) is 0 Å². The van der Waals surface area contributed by atoms with Crippen LogP contribution in [0.3, 0.4) is 0 Å². The predicted octanol–water partition coefficient (Wildman–Crippen LogP) is 4.95. The number of nitrogens with zero attached hydrogens (tertiary/aromatic N) is 1. The van der Waals surface area contributed by atoms with Gasteiger partial charge in [-0.1, -0.05) is 35.9 Å². The van der Waals surface area contributed by atoms with E-state index < -0.39 is 21.7 Å². The fourth-order valence-corrected chi connectivity index (χ4v) is 4.47. The second-order valence-corrected chi connectivity index (χ2v) is 8.41. The van der Waals surface area contributed by atoms with Crippen LogP contribution in [0.4, 0.5) is 15.8 Å². The summed E-state index contributed by atoms with van der Waals surface area (Å²) in [5, 5.41) is 2.63. The Balaban J connectivity index is 1.91. The molecule has 0 unspecified atom stereocenters. The highest BCUT2D eigenvalue weighted by Gasteiger charge is 2.24. The van der Waals surface area contributed by atoms with Gasteiger partial charge < -0.3 is 5.32 Å². The lowest BCUT2D eigenvalue weighted by Crippen LogP contribution is -2.31. The van der Waals surface area contributed by atoms with Crippen LogP contribution in [0.15, 0.2) is 77.7 Å². The molecule has 0 bridgehead atoms. The van der Waals surface area contributed by atoms with Crippen LogP contribution in [0.1, 0.15) is 17.3 Å². The van der Waals surface area contributed by atoms with E-state index >= 15 is 0 Å². The first kappa shape index (κ1) is 20.8. The highest BCUT2D eigenvalue weighted by atomic mass is 35.5. The van der Waals surface area contributed by atoms with Gasteiger partial charge in [-0.2, -0.15) is 0 Å². The Hall–Kier alpha value is -2.90. The molecular weight excluding hydrogens is 415 g/mol. The Morgan fingerprint density at radius 3 is 2.41 bits per heavy atom. The molecule has 0 aliphatic carbocycles. The smallest absolute Gasteiger partial charge is 0.264 e. The standard InChI is InChI=1S/C21H18ClFN2O3S/c1-2-25(17-8-4-3-5-9-17)29(27,28)18-10-6-7-15(13-18)21(26)24-20-12-11-16(22)14-19(20)23/h3-14H,2H2,1H3,(H,24,26). The Labute approximate surface area is 173 Å². The first-order chi connectivity index (χ1) is 13.8. The fraction of sp³-hybridized carbons (Fsp3) is 0.0952. The van der Waals surface area contributed by atoms with Crippen molar-refractivity contribution >= 4 is 38.9 Å². The van der Waals surface area contributed by atoms with Crippen LogP contribution >= 0.6 is 11.6 Å². The van der Waals surface area contributed by atoms with E-state index in [9.17, 15) is 17.6 Å². The number of para-hydroxylation sites is 1. The fourth-order valence-electron chi connectivity index (χ4n) is 2.80. The van der Waals surface area contributed by atoms with Crippen LogP contribution in [-0.2, 0) is 10.0 Å². The predicted molar refractivity (Wildman–Crippen MR) is 112 cm³/mol. The van der Waals surface area contributed by atoms with Crippen LogP contribution in [0.2, 0.25) is 5.02 Å². The zero-order valence-electron chi connectivity index (χ0n) is 15.5. The van der Waals surface area contributed by atoms with E-state index in [1.54, 1.807) is 37.3 Å². The quantitative estimate of drug-likeness (QED) is 0.599. The van der Waals surface area contributed by atoms with Gasteiger partial charge in [-0.05, 0) is 55.5 Å². The van der Waals surface area contributed by atoms with Gasteiger partial charge in [-0.25, -0.2) is 12.8 Å². The molecule has 0 radical (unpaired) electrons. The van der Waals surface area contributed by atoms with Crippen LogP contribution in [0, 0.1) is 5.82 Å². The number of hydrogen-bond acceptors (Lipinski definition) is 3. The number of sulfonamides is 1. The van der Waals surface area contributed by atoms with E-state index in [1.165, 1.54) is 40.7 Å². The molecule has 0 saturated heterocycles. The summed E-state index contributed by atoms with van der Waals surface area (Å²) in [7, 11) is -3.89. The lowest BCUT2D eigenvalue weighted by Gasteiger charge is -2.23. The van der Waals surface area contributed by atoms with Gasteiger partial charge in [0, 0.05) is 17.1 Å². The van der Waals surface area contributed by atoms with Gasteiger partial charge in [0.15, 0.2) is 0 Å². The second kappa shape index (κ2) is 8.63. The molecule has 1 N–H and O–H groups in total. The number of amides is 1. The van der Waals surface area contributed by atoms with Gasteiger partial charge in [0.2, 0.25) is 0 Å². The van der Waals surface area contributed by atoms with Crippen molar-refractivity contribution in [1.29, 1.82) is 0 Å². The molecule has 29 heavy (non-hydrogen) atoms. The number of rotatable bonds is 6. The zero-order chi connectivity index (χ0) is 21.0. The van der Waals surface area contributed by atoms with E-state index in [-0.39, 0.29) is 27.7 Å². The summed E-state index contributed by atoms with van der Waals surface area (Å²) in [5.41, 5.74) is 0.560. The minimum Gasteiger partial charge on any atom is -0.319 e. The minimum absolute atomic E-state index is 0.0348. The molecule has 0 atom stereocenters. The Morgan fingerprint density at radius 2 is 1.76 bits per heavy atom. The summed E-state index contributed by atoms with van der Waals surface area (Å²) in [5.74, 6) is -1.32. The topological polar surface area (TPSA) is 66.5 Å². The molecule has 0 heterocycles. The molecule has 0 fully saturated rings. The third-order valence-corrected chi connectivity index (χ3v) is 6.33. The minimum atomic E-state index is -3.89. The van der Waals surface area contributed by atoms with E-state index in [2.05, 4.69) is 5.32 Å². The van der Waals surface area contributed by atoms with E-state index in [1.807, 2.05) is 0 Å². The molecule has 0 aromatic heterocycles. The first-order valence-electron chi connectivity index (χ1n) is 8.77. The molecular formula is C21H18ClFN2O3S.